The van der Waals surface area contributed by atoms with Crippen LogP contribution in [0.1, 0.15) is 12.2 Å². The van der Waals surface area contributed by atoms with Gasteiger partial charge in [-0.2, -0.15) is 0 Å². The lowest BCUT2D eigenvalue weighted by Crippen LogP contribution is -2.39. The van der Waals surface area contributed by atoms with E-state index in [4.69, 9.17) is 4.42 Å². The molecule has 1 aliphatic heterocycles. The van der Waals surface area contributed by atoms with Crippen LogP contribution in [0.25, 0.3) is 0 Å². The molecular weight excluding hydrogens is 254 g/mol. The molecule has 2 heterocycles. The summed E-state index contributed by atoms with van der Waals surface area (Å²) >= 11 is 0. The molecule has 4 nitrogen and oxygen atoms in total. The van der Waals surface area contributed by atoms with Crippen LogP contribution in [-0.2, 0) is 11.3 Å². The van der Waals surface area contributed by atoms with Crippen molar-refractivity contribution in [1.82, 2.24) is 10.6 Å². The zero-order valence-corrected chi connectivity index (χ0v) is 9.73. The lowest BCUT2D eigenvalue weighted by molar-refractivity contribution is -0.123. The second-order valence-corrected chi connectivity index (χ2v) is 3.79. The first kappa shape index (κ1) is 13.9. The predicted octanol–water partition coefficient (Wildman–Crippen LogP) is 1.31. The van der Waals surface area contributed by atoms with Crippen molar-refractivity contribution in [2.24, 2.45) is 0 Å². The van der Waals surface area contributed by atoms with Crippen LogP contribution in [0, 0.1) is 0 Å². The van der Waals surface area contributed by atoms with Gasteiger partial charge in [-0.3, -0.25) is 10.1 Å². The second-order valence-electron chi connectivity index (χ2n) is 3.79. The van der Waals surface area contributed by atoms with Gasteiger partial charge in [0.25, 0.3) is 5.92 Å². The number of alkyl halides is 2. The van der Waals surface area contributed by atoms with Crippen LogP contribution in [0.2, 0.25) is 0 Å². The van der Waals surface area contributed by atoms with Crippen LogP contribution in [0.15, 0.2) is 22.8 Å². The molecule has 1 amide bonds. The number of rotatable bonds is 3. The third-order valence-corrected chi connectivity index (χ3v) is 2.44. The first-order chi connectivity index (χ1) is 7.57. The quantitative estimate of drug-likeness (QED) is 0.867. The summed E-state index contributed by atoms with van der Waals surface area (Å²) in [5.41, 5.74) is 0. The average molecular weight is 267 g/mol. The van der Waals surface area contributed by atoms with Crippen LogP contribution < -0.4 is 10.6 Å². The van der Waals surface area contributed by atoms with Gasteiger partial charge in [0.15, 0.2) is 0 Å². The number of furan rings is 1. The standard InChI is InChI=1S/C10H12F2N2O2.ClH/c11-10(12)4-8(14-6-10)9(15)13-5-7-2-1-3-16-7;/h1-3,8,14H,4-6H2,(H,13,15);1H. The van der Waals surface area contributed by atoms with E-state index in [1.807, 2.05) is 0 Å². The van der Waals surface area contributed by atoms with Crippen molar-refractivity contribution in [2.45, 2.75) is 24.9 Å². The van der Waals surface area contributed by atoms with Crippen molar-refractivity contribution in [3.05, 3.63) is 24.2 Å². The van der Waals surface area contributed by atoms with Crippen LogP contribution in [-0.4, -0.2) is 24.4 Å². The van der Waals surface area contributed by atoms with Crippen LogP contribution >= 0.6 is 12.4 Å². The van der Waals surface area contributed by atoms with E-state index in [1.54, 1.807) is 12.1 Å². The molecule has 0 aromatic carbocycles. The summed E-state index contributed by atoms with van der Waals surface area (Å²) in [5, 5.41) is 5.02. The molecule has 17 heavy (non-hydrogen) atoms. The van der Waals surface area contributed by atoms with Gasteiger partial charge in [-0.25, -0.2) is 8.78 Å². The Balaban J connectivity index is 0.00000144. The SMILES string of the molecule is Cl.O=C(NCc1ccco1)C1CC(F)(F)CN1. The smallest absolute Gasteiger partial charge is 0.262 e. The maximum Gasteiger partial charge on any atom is 0.262 e. The summed E-state index contributed by atoms with van der Waals surface area (Å²) < 4.78 is 30.6. The first-order valence-electron chi connectivity index (χ1n) is 4.98. The molecule has 1 aliphatic rings. The summed E-state index contributed by atoms with van der Waals surface area (Å²) in [6.07, 6.45) is 1.04. The number of carbonyl (C=O) groups excluding carboxylic acids is 1. The number of hydrogen-bond acceptors (Lipinski definition) is 3. The van der Waals surface area contributed by atoms with Crippen molar-refractivity contribution in [1.29, 1.82) is 0 Å². The van der Waals surface area contributed by atoms with E-state index in [9.17, 15) is 13.6 Å². The Morgan fingerprint density at radius 3 is 2.94 bits per heavy atom. The van der Waals surface area contributed by atoms with E-state index in [-0.39, 0.29) is 19.0 Å². The lowest BCUT2D eigenvalue weighted by atomic mass is 10.2. The highest BCUT2D eigenvalue weighted by molar-refractivity contribution is 5.85. The number of nitrogens with one attached hydrogen (secondary N) is 2. The number of hydrogen-bond donors (Lipinski definition) is 2. The van der Waals surface area contributed by atoms with Crippen molar-refractivity contribution in [2.75, 3.05) is 6.54 Å². The molecule has 7 heteroatoms. The molecule has 96 valence electrons. The van der Waals surface area contributed by atoms with E-state index in [0.717, 1.165) is 0 Å². The summed E-state index contributed by atoms with van der Waals surface area (Å²) in [6.45, 7) is -0.221. The largest absolute Gasteiger partial charge is 0.467 e. The summed E-state index contributed by atoms with van der Waals surface area (Å²) in [4.78, 5) is 11.5. The fraction of sp³-hybridized carbons (Fsp3) is 0.500. The van der Waals surface area contributed by atoms with Crippen LogP contribution in [0.5, 0.6) is 0 Å². The van der Waals surface area contributed by atoms with Crippen molar-refractivity contribution >= 4 is 18.3 Å². The average Bonchev–Trinajstić information content (AvgIpc) is 2.83. The molecule has 1 unspecified atom stereocenters. The van der Waals surface area contributed by atoms with Gasteiger partial charge in [0.2, 0.25) is 5.91 Å². The van der Waals surface area contributed by atoms with E-state index in [2.05, 4.69) is 10.6 Å². The lowest BCUT2D eigenvalue weighted by Gasteiger charge is -2.09. The van der Waals surface area contributed by atoms with E-state index in [0.29, 0.717) is 5.76 Å². The van der Waals surface area contributed by atoms with E-state index >= 15 is 0 Å². The van der Waals surface area contributed by atoms with E-state index in [1.165, 1.54) is 6.26 Å². The predicted molar refractivity (Wildman–Crippen MR) is 59.2 cm³/mol. The molecule has 0 spiro atoms. The Labute approximate surface area is 103 Å². The third kappa shape index (κ3) is 3.67. The molecular formula is C10H13ClF2N2O2. The number of amides is 1. The zero-order valence-electron chi connectivity index (χ0n) is 8.91. The Morgan fingerprint density at radius 2 is 2.41 bits per heavy atom. The normalized spacial score (nSPS) is 21.9. The van der Waals surface area contributed by atoms with Gasteiger partial charge < -0.3 is 9.73 Å². The third-order valence-electron chi connectivity index (χ3n) is 2.44. The molecule has 1 saturated heterocycles. The molecule has 1 atom stereocenters. The second kappa shape index (κ2) is 5.46. The molecule has 1 aromatic heterocycles. The highest BCUT2D eigenvalue weighted by Gasteiger charge is 2.42. The molecule has 2 N–H and O–H groups in total. The maximum atomic E-state index is 12.8. The molecule has 0 bridgehead atoms. The van der Waals surface area contributed by atoms with Crippen LogP contribution in [0.4, 0.5) is 8.78 Å². The van der Waals surface area contributed by atoms with Gasteiger partial charge >= 0.3 is 0 Å². The van der Waals surface area contributed by atoms with Gasteiger partial charge in [-0.1, -0.05) is 0 Å². The maximum absolute atomic E-state index is 12.8. The van der Waals surface area contributed by atoms with Gasteiger partial charge in [0.1, 0.15) is 5.76 Å². The van der Waals surface area contributed by atoms with Crippen LogP contribution in [0.3, 0.4) is 0 Å². The molecule has 1 aromatic rings. The molecule has 0 saturated carbocycles. The fourth-order valence-electron chi connectivity index (χ4n) is 1.61. The Bertz CT molecular complexity index is 370. The van der Waals surface area contributed by atoms with Gasteiger partial charge in [0, 0.05) is 6.42 Å². The summed E-state index contributed by atoms with van der Waals surface area (Å²) in [5.74, 6) is -2.61. The Morgan fingerprint density at radius 1 is 1.65 bits per heavy atom. The Kier molecular flexibility index (Phi) is 4.47. The minimum absolute atomic E-state index is 0. The molecule has 2 rings (SSSR count). The van der Waals surface area contributed by atoms with Gasteiger partial charge in [0.05, 0.1) is 25.4 Å². The molecule has 0 radical (unpaired) electrons. The van der Waals surface area contributed by atoms with Gasteiger partial charge in [-0.15, -0.1) is 12.4 Å². The summed E-state index contributed by atoms with van der Waals surface area (Å²) in [6, 6.07) is 2.59. The van der Waals surface area contributed by atoms with E-state index < -0.39 is 30.8 Å². The molecule has 0 aliphatic carbocycles. The molecule has 1 fully saturated rings. The van der Waals surface area contributed by atoms with Crippen molar-refractivity contribution in [3.63, 3.8) is 0 Å². The number of halogens is 3. The van der Waals surface area contributed by atoms with Crippen molar-refractivity contribution < 1.29 is 18.0 Å². The minimum atomic E-state index is -2.79. The first-order valence-corrected chi connectivity index (χ1v) is 4.98. The van der Waals surface area contributed by atoms with Gasteiger partial charge in [-0.05, 0) is 12.1 Å². The Hall–Kier alpha value is -1.14. The fourth-order valence-corrected chi connectivity index (χ4v) is 1.61. The highest BCUT2D eigenvalue weighted by atomic mass is 35.5. The summed E-state index contributed by atoms with van der Waals surface area (Å²) in [7, 11) is 0. The minimum Gasteiger partial charge on any atom is -0.467 e. The highest BCUT2D eigenvalue weighted by Crippen LogP contribution is 2.25. The topological polar surface area (TPSA) is 54.3 Å². The zero-order chi connectivity index (χ0) is 11.6. The number of carbonyl (C=O) groups is 1. The monoisotopic (exact) mass is 266 g/mol. The van der Waals surface area contributed by atoms with Crippen molar-refractivity contribution in [3.8, 4) is 0 Å².